The van der Waals surface area contributed by atoms with Gasteiger partial charge in [-0.25, -0.2) is 17.8 Å². The summed E-state index contributed by atoms with van der Waals surface area (Å²) in [6.07, 6.45) is 3.21. The molecule has 0 amide bonds. The summed E-state index contributed by atoms with van der Waals surface area (Å²) < 4.78 is 46.8. The van der Waals surface area contributed by atoms with E-state index in [1.165, 1.54) is 40.8 Å². The van der Waals surface area contributed by atoms with Crippen LogP contribution in [0.1, 0.15) is 26.7 Å². The maximum Gasteiger partial charge on any atom is 0.265 e. The largest absolute Gasteiger partial charge is 0.474 e. The average Bonchev–Trinajstić information content (AvgIpc) is 2.68. The first-order valence-corrected chi connectivity index (χ1v) is 10.9. The first kappa shape index (κ1) is 20.5. The smallest absolute Gasteiger partial charge is 0.265 e. The van der Waals surface area contributed by atoms with Gasteiger partial charge in [0.2, 0.25) is 5.88 Å². The van der Waals surface area contributed by atoms with Gasteiger partial charge in [0.25, 0.3) is 10.0 Å². The predicted molar refractivity (Wildman–Crippen MR) is 107 cm³/mol. The van der Waals surface area contributed by atoms with Crippen LogP contribution < -0.4 is 14.4 Å². The van der Waals surface area contributed by atoms with Crippen LogP contribution in [0.2, 0.25) is 0 Å². The molecule has 1 saturated heterocycles. The molecular weight excluding hydrogens is 381 g/mol. The van der Waals surface area contributed by atoms with Gasteiger partial charge in [-0.15, -0.1) is 0 Å². The molecule has 1 aromatic heterocycles. The molecule has 1 fully saturated rings. The summed E-state index contributed by atoms with van der Waals surface area (Å²) in [7, 11) is -3.83. The van der Waals surface area contributed by atoms with Gasteiger partial charge in [-0.2, -0.15) is 0 Å². The van der Waals surface area contributed by atoms with Gasteiger partial charge in [0.15, 0.2) is 0 Å². The molecule has 6 nitrogen and oxygen atoms in total. The van der Waals surface area contributed by atoms with Crippen LogP contribution in [0, 0.1) is 11.7 Å². The third-order valence-corrected chi connectivity index (χ3v) is 6.29. The fourth-order valence-electron chi connectivity index (χ4n) is 3.08. The Hall–Kier alpha value is -2.19. The third-order valence-electron chi connectivity index (χ3n) is 4.52. The topological polar surface area (TPSA) is 71.5 Å². The first-order valence-electron chi connectivity index (χ1n) is 9.48. The quantitative estimate of drug-likeness (QED) is 0.763. The fraction of sp³-hybridized carbons (Fsp3) is 0.450. The zero-order valence-corrected chi connectivity index (χ0v) is 17.0. The highest BCUT2D eigenvalue weighted by Gasteiger charge is 2.26. The molecular formula is C20H26FN3O3S. The number of ether oxygens (including phenoxy) is 1. The maximum atomic E-state index is 13.3. The summed E-state index contributed by atoms with van der Waals surface area (Å²) in [4.78, 5) is 4.28. The number of nitrogens with one attached hydrogen (secondary N) is 1. The highest BCUT2D eigenvalue weighted by Crippen LogP contribution is 2.26. The molecule has 0 bridgehead atoms. The molecule has 152 valence electrons. The molecule has 1 aliphatic rings. The second-order valence-corrected chi connectivity index (χ2v) is 9.17. The number of anilines is 1. The van der Waals surface area contributed by atoms with Crippen molar-refractivity contribution in [2.24, 2.45) is 5.92 Å². The van der Waals surface area contributed by atoms with Gasteiger partial charge >= 0.3 is 0 Å². The highest BCUT2D eigenvalue weighted by atomic mass is 32.2. The van der Waals surface area contributed by atoms with E-state index < -0.39 is 15.8 Å². The minimum atomic E-state index is -3.83. The number of sulfonamides is 1. The monoisotopic (exact) mass is 407 g/mol. The number of rotatable bonds is 7. The van der Waals surface area contributed by atoms with E-state index in [9.17, 15) is 12.8 Å². The minimum absolute atomic E-state index is 0.0788. The third kappa shape index (κ3) is 4.99. The molecule has 0 aliphatic carbocycles. The van der Waals surface area contributed by atoms with Gasteiger partial charge in [-0.1, -0.05) is 13.8 Å². The van der Waals surface area contributed by atoms with E-state index >= 15 is 0 Å². The van der Waals surface area contributed by atoms with Crippen LogP contribution in [0.25, 0.3) is 0 Å². The molecule has 1 aliphatic heterocycles. The van der Waals surface area contributed by atoms with E-state index in [4.69, 9.17) is 4.74 Å². The molecule has 1 aromatic carbocycles. The number of benzene rings is 1. The maximum absolute atomic E-state index is 13.3. The van der Waals surface area contributed by atoms with E-state index in [0.29, 0.717) is 11.6 Å². The molecule has 0 saturated carbocycles. The average molecular weight is 408 g/mol. The lowest BCUT2D eigenvalue weighted by Gasteiger charge is -2.26. The standard InChI is InChI=1S/C20H26FN3O3S/c1-15(2)14-24(17-5-3-16(21)4-6-17)28(25,26)19-7-8-20(23-13-19)27-18-9-11-22-12-10-18/h3-8,13,15,18,22H,9-12,14H2,1-2H3. The Kier molecular flexibility index (Phi) is 6.51. The molecule has 1 N–H and O–H groups in total. The summed E-state index contributed by atoms with van der Waals surface area (Å²) in [6.45, 7) is 5.94. The van der Waals surface area contributed by atoms with Crippen molar-refractivity contribution >= 4 is 15.7 Å². The summed E-state index contributed by atoms with van der Waals surface area (Å²) in [5, 5.41) is 3.27. The van der Waals surface area contributed by atoms with Gasteiger partial charge in [-0.3, -0.25) is 4.31 Å². The van der Waals surface area contributed by atoms with Crippen LogP contribution in [-0.4, -0.2) is 39.1 Å². The van der Waals surface area contributed by atoms with E-state index in [2.05, 4.69) is 10.3 Å². The van der Waals surface area contributed by atoms with Crippen LogP contribution in [0.3, 0.4) is 0 Å². The molecule has 0 unspecified atom stereocenters. The van der Waals surface area contributed by atoms with Gasteiger partial charge < -0.3 is 10.1 Å². The number of pyridine rings is 1. The second kappa shape index (κ2) is 8.87. The second-order valence-electron chi connectivity index (χ2n) is 7.31. The van der Waals surface area contributed by atoms with Crippen molar-refractivity contribution in [2.75, 3.05) is 23.9 Å². The summed E-state index contributed by atoms with van der Waals surface area (Å²) >= 11 is 0. The van der Waals surface area contributed by atoms with Crippen LogP contribution in [0.4, 0.5) is 10.1 Å². The van der Waals surface area contributed by atoms with Crippen molar-refractivity contribution in [3.05, 3.63) is 48.4 Å². The number of piperidine rings is 1. The number of hydrogen-bond donors (Lipinski definition) is 1. The van der Waals surface area contributed by atoms with Gasteiger partial charge in [0, 0.05) is 12.6 Å². The van der Waals surface area contributed by atoms with Crippen molar-refractivity contribution in [2.45, 2.75) is 37.7 Å². The Morgan fingerprint density at radius 1 is 1.18 bits per heavy atom. The Labute approximate surface area is 165 Å². The van der Waals surface area contributed by atoms with Gasteiger partial charge in [-0.05, 0) is 62.2 Å². The van der Waals surface area contributed by atoms with E-state index in [1.807, 2.05) is 13.8 Å². The van der Waals surface area contributed by atoms with E-state index in [1.54, 1.807) is 6.07 Å². The van der Waals surface area contributed by atoms with Crippen LogP contribution in [0.15, 0.2) is 47.5 Å². The number of hydrogen-bond acceptors (Lipinski definition) is 5. The lowest BCUT2D eigenvalue weighted by molar-refractivity contribution is 0.156. The normalized spacial score (nSPS) is 15.6. The molecule has 28 heavy (non-hydrogen) atoms. The fourth-order valence-corrected chi connectivity index (χ4v) is 4.66. The zero-order chi connectivity index (χ0) is 20.1. The molecule has 3 rings (SSSR count). The van der Waals surface area contributed by atoms with Crippen molar-refractivity contribution in [3.8, 4) is 5.88 Å². The molecule has 8 heteroatoms. The minimum Gasteiger partial charge on any atom is -0.474 e. The van der Waals surface area contributed by atoms with Gasteiger partial charge in [0.05, 0.1) is 11.9 Å². The zero-order valence-electron chi connectivity index (χ0n) is 16.1. The number of nitrogens with zero attached hydrogens (tertiary/aromatic N) is 2. The Morgan fingerprint density at radius 2 is 1.86 bits per heavy atom. The summed E-state index contributed by atoms with van der Waals surface area (Å²) in [6, 6.07) is 8.55. The van der Waals surface area contributed by atoms with E-state index in [-0.39, 0.29) is 23.5 Å². The lowest BCUT2D eigenvalue weighted by atomic mass is 10.1. The Morgan fingerprint density at radius 3 is 2.43 bits per heavy atom. The first-order chi connectivity index (χ1) is 13.4. The molecule has 0 atom stereocenters. The molecule has 2 aromatic rings. The van der Waals surface area contributed by atoms with Crippen molar-refractivity contribution in [1.29, 1.82) is 0 Å². The lowest BCUT2D eigenvalue weighted by Crippen LogP contribution is -2.35. The van der Waals surface area contributed by atoms with Crippen LogP contribution in [-0.2, 0) is 10.0 Å². The van der Waals surface area contributed by atoms with Crippen LogP contribution in [0.5, 0.6) is 5.88 Å². The van der Waals surface area contributed by atoms with Gasteiger partial charge in [0.1, 0.15) is 16.8 Å². The summed E-state index contributed by atoms with van der Waals surface area (Å²) in [5.74, 6) is 0.102. The van der Waals surface area contributed by atoms with E-state index in [0.717, 1.165) is 25.9 Å². The molecule has 2 heterocycles. The molecule has 0 radical (unpaired) electrons. The SMILES string of the molecule is CC(C)CN(c1ccc(F)cc1)S(=O)(=O)c1ccc(OC2CCNCC2)nc1. The van der Waals surface area contributed by atoms with Crippen molar-refractivity contribution < 1.29 is 17.5 Å². The predicted octanol–water partition coefficient (Wildman–Crippen LogP) is 3.20. The van der Waals surface area contributed by atoms with Crippen molar-refractivity contribution in [3.63, 3.8) is 0 Å². The Balaban J connectivity index is 1.82. The number of aromatic nitrogens is 1. The molecule has 0 spiro atoms. The Bertz CT molecular complexity index is 865. The number of halogens is 1. The van der Waals surface area contributed by atoms with Crippen molar-refractivity contribution in [1.82, 2.24) is 10.3 Å². The van der Waals surface area contributed by atoms with Crippen LogP contribution >= 0.6 is 0 Å². The highest BCUT2D eigenvalue weighted by molar-refractivity contribution is 7.92. The summed E-state index contributed by atoms with van der Waals surface area (Å²) in [5.41, 5.74) is 0.421.